The van der Waals surface area contributed by atoms with Crippen molar-refractivity contribution in [3.63, 3.8) is 0 Å². The summed E-state index contributed by atoms with van der Waals surface area (Å²) in [5, 5.41) is 0.975. The number of hydrogen-bond acceptors (Lipinski definition) is 5. The van der Waals surface area contributed by atoms with Crippen LogP contribution in [0.3, 0.4) is 0 Å². The summed E-state index contributed by atoms with van der Waals surface area (Å²) in [5.41, 5.74) is 1.84. The van der Waals surface area contributed by atoms with Gasteiger partial charge in [0.1, 0.15) is 4.83 Å². The standard InChI is InChI=1S/C18H21N3O2S/c1-5-6-9-21(4)18(22)15-11(2)14-12(3)19-16(20-17(14)24-15)13-8-7-10-23-13/h7-8,10H,5-6,9H2,1-4H3. The van der Waals surface area contributed by atoms with Crippen LogP contribution < -0.4 is 0 Å². The number of unbranched alkanes of at least 4 members (excludes halogenated alkanes) is 1. The first-order valence-electron chi connectivity index (χ1n) is 8.10. The molecule has 126 valence electrons. The zero-order chi connectivity index (χ0) is 17.3. The molecule has 0 aliphatic carbocycles. The highest BCUT2D eigenvalue weighted by molar-refractivity contribution is 7.20. The molecule has 0 spiro atoms. The van der Waals surface area contributed by atoms with Crippen LogP contribution in [0, 0.1) is 13.8 Å². The molecule has 3 rings (SSSR count). The molecule has 3 aromatic heterocycles. The van der Waals surface area contributed by atoms with E-state index in [2.05, 4.69) is 16.9 Å². The lowest BCUT2D eigenvalue weighted by atomic mass is 10.1. The smallest absolute Gasteiger partial charge is 0.264 e. The van der Waals surface area contributed by atoms with Crippen molar-refractivity contribution in [2.75, 3.05) is 13.6 Å². The lowest BCUT2D eigenvalue weighted by molar-refractivity contribution is 0.0797. The van der Waals surface area contributed by atoms with Crippen LogP contribution in [0.4, 0.5) is 0 Å². The van der Waals surface area contributed by atoms with Crippen molar-refractivity contribution in [2.24, 2.45) is 0 Å². The first-order chi connectivity index (χ1) is 11.5. The molecule has 0 atom stereocenters. The number of fused-ring (bicyclic) bond motifs is 1. The largest absolute Gasteiger partial charge is 0.461 e. The summed E-state index contributed by atoms with van der Waals surface area (Å²) in [7, 11) is 1.86. The molecule has 0 radical (unpaired) electrons. The van der Waals surface area contributed by atoms with Crippen LogP contribution in [0.15, 0.2) is 22.8 Å². The molecule has 24 heavy (non-hydrogen) atoms. The minimum Gasteiger partial charge on any atom is -0.461 e. The molecular weight excluding hydrogens is 322 g/mol. The number of carbonyl (C=O) groups excluding carboxylic acids is 1. The zero-order valence-electron chi connectivity index (χ0n) is 14.4. The molecule has 5 nitrogen and oxygen atoms in total. The topological polar surface area (TPSA) is 59.2 Å². The second-order valence-electron chi connectivity index (χ2n) is 5.93. The molecule has 0 aliphatic rings. The third-order valence-corrected chi connectivity index (χ3v) is 5.27. The van der Waals surface area contributed by atoms with Gasteiger partial charge in [-0.25, -0.2) is 9.97 Å². The molecule has 0 bridgehead atoms. The van der Waals surface area contributed by atoms with Crippen LogP contribution >= 0.6 is 11.3 Å². The number of amides is 1. The quantitative estimate of drug-likeness (QED) is 0.687. The van der Waals surface area contributed by atoms with Crippen LogP contribution in [0.1, 0.15) is 40.7 Å². The first kappa shape index (κ1) is 16.6. The Morgan fingerprint density at radius 1 is 1.33 bits per heavy atom. The van der Waals surface area contributed by atoms with Crippen LogP contribution in [0.25, 0.3) is 21.8 Å². The van der Waals surface area contributed by atoms with Gasteiger partial charge in [0.25, 0.3) is 5.91 Å². The third-order valence-electron chi connectivity index (χ3n) is 4.10. The molecule has 0 aliphatic heterocycles. The molecule has 6 heteroatoms. The summed E-state index contributed by atoms with van der Waals surface area (Å²) in [6, 6.07) is 3.65. The van der Waals surface area contributed by atoms with Crippen molar-refractivity contribution < 1.29 is 9.21 Å². The monoisotopic (exact) mass is 343 g/mol. The Hall–Kier alpha value is -2.21. The average molecular weight is 343 g/mol. The van der Waals surface area contributed by atoms with Crippen molar-refractivity contribution in [2.45, 2.75) is 33.6 Å². The number of rotatable bonds is 5. The SMILES string of the molecule is CCCCN(C)C(=O)c1sc2nc(-c3ccco3)nc(C)c2c1C. The predicted molar refractivity (Wildman–Crippen MR) is 96.5 cm³/mol. The normalized spacial score (nSPS) is 11.2. The van der Waals surface area contributed by atoms with Crippen molar-refractivity contribution in [3.05, 3.63) is 34.5 Å². The number of aromatic nitrogens is 2. The van der Waals surface area contributed by atoms with E-state index in [1.165, 1.54) is 11.3 Å². The van der Waals surface area contributed by atoms with E-state index in [9.17, 15) is 4.79 Å². The molecule has 3 aromatic rings. The van der Waals surface area contributed by atoms with E-state index in [1.807, 2.05) is 33.0 Å². The maximum Gasteiger partial charge on any atom is 0.264 e. The highest BCUT2D eigenvalue weighted by Crippen LogP contribution is 2.33. The summed E-state index contributed by atoms with van der Waals surface area (Å²) >= 11 is 1.44. The van der Waals surface area contributed by atoms with Gasteiger partial charge < -0.3 is 9.32 Å². The zero-order valence-corrected chi connectivity index (χ0v) is 15.2. The Balaban J connectivity index is 2.04. The lowest BCUT2D eigenvalue weighted by Crippen LogP contribution is -2.27. The fraction of sp³-hybridized carbons (Fsp3) is 0.389. The number of hydrogen-bond donors (Lipinski definition) is 0. The molecule has 0 saturated carbocycles. The number of furan rings is 1. The Labute approximate surface area is 145 Å². The molecule has 0 aromatic carbocycles. The van der Waals surface area contributed by atoms with E-state index in [0.29, 0.717) is 11.6 Å². The van der Waals surface area contributed by atoms with Gasteiger partial charge in [0.15, 0.2) is 11.6 Å². The summed E-state index contributed by atoms with van der Waals surface area (Å²) in [4.78, 5) is 25.3. The van der Waals surface area contributed by atoms with E-state index >= 15 is 0 Å². The van der Waals surface area contributed by atoms with E-state index < -0.39 is 0 Å². The average Bonchev–Trinajstić information content (AvgIpc) is 3.20. The fourth-order valence-electron chi connectivity index (χ4n) is 2.73. The van der Waals surface area contributed by atoms with E-state index in [-0.39, 0.29) is 5.91 Å². The third kappa shape index (κ3) is 2.94. The van der Waals surface area contributed by atoms with Crippen LogP contribution in [0.5, 0.6) is 0 Å². The summed E-state index contributed by atoms with van der Waals surface area (Å²) in [6.07, 6.45) is 3.68. The minimum absolute atomic E-state index is 0.0582. The Morgan fingerprint density at radius 2 is 2.12 bits per heavy atom. The van der Waals surface area contributed by atoms with Gasteiger partial charge in [0.2, 0.25) is 0 Å². The second-order valence-corrected chi connectivity index (χ2v) is 6.93. The second kappa shape index (κ2) is 6.73. The van der Waals surface area contributed by atoms with Gasteiger partial charge in [-0.05, 0) is 38.0 Å². The molecule has 1 amide bonds. The lowest BCUT2D eigenvalue weighted by Gasteiger charge is -2.16. The van der Waals surface area contributed by atoms with Gasteiger partial charge in [0, 0.05) is 19.0 Å². The Kier molecular flexibility index (Phi) is 4.66. The minimum atomic E-state index is 0.0582. The van der Waals surface area contributed by atoms with Gasteiger partial charge in [-0.1, -0.05) is 13.3 Å². The molecule has 0 unspecified atom stereocenters. The number of aryl methyl sites for hydroxylation is 2. The predicted octanol–water partition coefficient (Wildman–Crippen LogP) is 4.44. The van der Waals surface area contributed by atoms with Gasteiger partial charge in [0.05, 0.1) is 16.8 Å². The maximum atomic E-state index is 12.7. The van der Waals surface area contributed by atoms with Crippen molar-refractivity contribution in [3.8, 4) is 11.6 Å². The summed E-state index contributed by atoms with van der Waals surface area (Å²) in [6.45, 7) is 6.82. The number of carbonyl (C=O) groups is 1. The van der Waals surface area contributed by atoms with Crippen LogP contribution in [-0.4, -0.2) is 34.4 Å². The number of thiophene rings is 1. The highest BCUT2D eigenvalue weighted by atomic mass is 32.1. The van der Waals surface area contributed by atoms with E-state index in [4.69, 9.17) is 4.42 Å². The highest BCUT2D eigenvalue weighted by Gasteiger charge is 2.22. The van der Waals surface area contributed by atoms with Crippen LogP contribution in [0.2, 0.25) is 0 Å². The Bertz CT molecular complexity index is 868. The summed E-state index contributed by atoms with van der Waals surface area (Å²) < 4.78 is 5.39. The van der Waals surface area contributed by atoms with Gasteiger partial charge >= 0.3 is 0 Å². The molecular formula is C18H21N3O2S. The van der Waals surface area contributed by atoms with Crippen molar-refractivity contribution >= 4 is 27.5 Å². The van der Waals surface area contributed by atoms with Gasteiger partial charge in [-0.2, -0.15) is 0 Å². The molecule has 0 saturated heterocycles. The van der Waals surface area contributed by atoms with Gasteiger partial charge in [-0.15, -0.1) is 11.3 Å². The van der Waals surface area contributed by atoms with Gasteiger partial charge in [-0.3, -0.25) is 4.79 Å². The number of nitrogens with zero attached hydrogens (tertiary/aromatic N) is 3. The fourth-order valence-corrected chi connectivity index (χ4v) is 3.96. The van der Waals surface area contributed by atoms with E-state index in [1.54, 1.807) is 11.2 Å². The molecule has 0 N–H and O–H groups in total. The Morgan fingerprint density at radius 3 is 2.79 bits per heavy atom. The first-order valence-corrected chi connectivity index (χ1v) is 8.91. The van der Waals surface area contributed by atoms with E-state index in [0.717, 1.165) is 45.7 Å². The summed E-state index contributed by atoms with van der Waals surface area (Å²) in [5.74, 6) is 1.26. The maximum absolute atomic E-state index is 12.7. The molecule has 3 heterocycles. The van der Waals surface area contributed by atoms with Crippen LogP contribution in [-0.2, 0) is 0 Å². The molecule has 0 fully saturated rings. The van der Waals surface area contributed by atoms with Crippen molar-refractivity contribution in [1.29, 1.82) is 0 Å². The van der Waals surface area contributed by atoms with Crippen molar-refractivity contribution in [1.82, 2.24) is 14.9 Å².